The number of carbonyl (C=O) groups excluding carboxylic acids is 2. The van der Waals surface area contributed by atoms with Crippen LogP contribution in [0.5, 0.6) is 0 Å². The Hall–Kier alpha value is -3.71. The van der Waals surface area contributed by atoms with E-state index in [2.05, 4.69) is 28.8 Å². The van der Waals surface area contributed by atoms with E-state index in [1.54, 1.807) is 0 Å². The van der Waals surface area contributed by atoms with Crippen molar-refractivity contribution in [3.63, 3.8) is 0 Å². The largest absolute Gasteiger partial charge is 0.387 e. The highest BCUT2D eigenvalue weighted by Crippen LogP contribution is 2.33. The maximum absolute atomic E-state index is 13.2. The summed E-state index contributed by atoms with van der Waals surface area (Å²) in [5.41, 5.74) is 12.0. The van der Waals surface area contributed by atoms with Crippen molar-refractivity contribution in [2.45, 2.75) is 13.3 Å². The Morgan fingerprint density at radius 1 is 1.09 bits per heavy atom. The monoisotopic (exact) mass is 471 g/mol. The SMILES string of the molecule is CCN(C)/C=C\c1cc(-c2ccc3c(c2)N=C(N)CC(C(=O)N2CCN(C)CC2)=C3)ccc1C=O. The first-order valence-corrected chi connectivity index (χ1v) is 12.0. The number of hydrogen-bond acceptors (Lipinski definition) is 6. The average molecular weight is 472 g/mol. The van der Waals surface area contributed by atoms with E-state index < -0.39 is 0 Å². The van der Waals surface area contributed by atoms with Crippen LogP contribution in [0.15, 0.2) is 53.2 Å². The molecule has 0 radical (unpaired) electrons. The van der Waals surface area contributed by atoms with Gasteiger partial charge in [0.05, 0.1) is 5.69 Å². The van der Waals surface area contributed by atoms with E-state index in [-0.39, 0.29) is 5.91 Å². The molecule has 0 bridgehead atoms. The smallest absolute Gasteiger partial charge is 0.250 e. The van der Waals surface area contributed by atoms with Gasteiger partial charge in [-0.25, -0.2) is 4.99 Å². The molecule has 0 atom stereocenters. The quantitative estimate of drug-likeness (QED) is 0.651. The third-order valence-corrected chi connectivity index (χ3v) is 6.62. The fraction of sp³-hybridized carbons (Fsp3) is 0.321. The molecule has 182 valence electrons. The highest BCUT2D eigenvalue weighted by molar-refractivity contribution is 6.05. The lowest BCUT2D eigenvalue weighted by molar-refractivity contribution is -0.128. The van der Waals surface area contributed by atoms with Gasteiger partial charge < -0.3 is 20.4 Å². The van der Waals surface area contributed by atoms with Crippen LogP contribution >= 0.6 is 0 Å². The molecule has 2 aliphatic rings. The van der Waals surface area contributed by atoms with Crippen molar-refractivity contribution < 1.29 is 9.59 Å². The number of benzene rings is 2. The summed E-state index contributed by atoms with van der Waals surface area (Å²) < 4.78 is 0. The fourth-order valence-corrected chi connectivity index (χ4v) is 4.24. The van der Waals surface area contributed by atoms with Crippen LogP contribution in [0.1, 0.15) is 34.8 Å². The van der Waals surface area contributed by atoms with E-state index >= 15 is 0 Å². The van der Waals surface area contributed by atoms with Gasteiger partial charge in [0, 0.05) is 62.9 Å². The molecule has 1 saturated heterocycles. The van der Waals surface area contributed by atoms with Crippen molar-refractivity contribution >= 4 is 35.9 Å². The van der Waals surface area contributed by atoms with E-state index in [1.807, 2.05) is 66.7 Å². The number of aldehydes is 1. The lowest BCUT2D eigenvalue weighted by Crippen LogP contribution is -2.47. The van der Waals surface area contributed by atoms with Crippen LogP contribution in [0.4, 0.5) is 5.69 Å². The minimum Gasteiger partial charge on any atom is -0.387 e. The molecule has 4 rings (SSSR count). The first-order valence-electron chi connectivity index (χ1n) is 12.0. The molecule has 0 aromatic heterocycles. The van der Waals surface area contributed by atoms with Gasteiger partial charge in [-0.05, 0) is 61.1 Å². The summed E-state index contributed by atoms with van der Waals surface area (Å²) in [6.07, 6.45) is 7.06. The fourth-order valence-electron chi connectivity index (χ4n) is 4.24. The summed E-state index contributed by atoms with van der Waals surface area (Å²) in [5, 5.41) is 0. The topological polar surface area (TPSA) is 82.2 Å². The third-order valence-electron chi connectivity index (χ3n) is 6.62. The maximum atomic E-state index is 13.2. The van der Waals surface area contributed by atoms with Crippen LogP contribution in [0.2, 0.25) is 0 Å². The highest BCUT2D eigenvalue weighted by Gasteiger charge is 2.24. The minimum atomic E-state index is 0.0334. The first kappa shape index (κ1) is 24.4. The van der Waals surface area contributed by atoms with Gasteiger partial charge >= 0.3 is 0 Å². The van der Waals surface area contributed by atoms with Crippen LogP contribution < -0.4 is 5.73 Å². The summed E-state index contributed by atoms with van der Waals surface area (Å²) in [7, 11) is 4.06. The Bertz CT molecular complexity index is 1210. The standard InChI is InChI=1S/C28H33N5O2/c1-4-31(2)10-9-22-15-20(6-8-24(22)19-34)21-5-7-23-16-25(18-27(29)30-26(23)17-21)28(35)33-13-11-32(3)12-14-33/h5-10,15-17,19H,4,11-14,18H2,1-3H3,(H2,29,30)/b10-9-. The molecule has 0 spiro atoms. The molecule has 2 aliphatic heterocycles. The molecule has 35 heavy (non-hydrogen) atoms. The second-order valence-electron chi connectivity index (χ2n) is 9.17. The van der Waals surface area contributed by atoms with Crippen molar-refractivity contribution in [2.75, 3.05) is 46.8 Å². The predicted octanol–water partition coefficient (Wildman–Crippen LogP) is 3.64. The van der Waals surface area contributed by atoms with Crippen LogP contribution in [0.3, 0.4) is 0 Å². The van der Waals surface area contributed by atoms with Crippen molar-refractivity contribution in [1.82, 2.24) is 14.7 Å². The lowest BCUT2D eigenvalue weighted by atomic mass is 9.97. The third kappa shape index (κ3) is 5.69. The van der Waals surface area contributed by atoms with Gasteiger partial charge in [0.1, 0.15) is 5.84 Å². The Kier molecular flexibility index (Phi) is 7.46. The van der Waals surface area contributed by atoms with E-state index in [0.29, 0.717) is 23.4 Å². The van der Waals surface area contributed by atoms with Crippen molar-refractivity contribution in [2.24, 2.45) is 10.7 Å². The van der Waals surface area contributed by atoms with Crippen LogP contribution in [0.25, 0.3) is 23.3 Å². The lowest BCUT2D eigenvalue weighted by Gasteiger charge is -2.33. The number of fused-ring (bicyclic) bond motifs is 1. The van der Waals surface area contributed by atoms with Gasteiger partial charge in [0.15, 0.2) is 6.29 Å². The number of nitrogens with two attached hydrogens (primary N) is 1. The molecule has 0 aliphatic carbocycles. The predicted molar refractivity (Wildman–Crippen MR) is 143 cm³/mol. The number of carbonyl (C=O) groups is 2. The number of amides is 1. The van der Waals surface area contributed by atoms with E-state index in [0.717, 1.165) is 67.0 Å². The number of amidine groups is 1. The second kappa shape index (κ2) is 10.7. The molecule has 1 fully saturated rings. The van der Waals surface area contributed by atoms with E-state index in [9.17, 15) is 9.59 Å². The zero-order valence-electron chi connectivity index (χ0n) is 20.7. The molecule has 2 aromatic rings. The molecule has 7 heteroatoms. The normalized spacial score (nSPS) is 16.4. The van der Waals surface area contributed by atoms with Gasteiger partial charge in [-0.2, -0.15) is 0 Å². The molecular formula is C28H33N5O2. The minimum absolute atomic E-state index is 0.0334. The summed E-state index contributed by atoms with van der Waals surface area (Å²) >= 11 is 0. The zero-order chi connectivity index (χ0) is 24.9. The Morgan fingerprint density at radius 2 is 1.80 bits per heavy atom. The average Bonchev–Trinajstić information content (AvgIpc) is 3.04. The Morgan fingerprint density at radius 3 is 2.51 bits per heavy atom. The summed E-state index contributed by atoms with van der Waals surface area (Å²) in [6, 6.07) is 11.8. The summed E-state index contributed by atoms with van der Waals surface area (Å²) in [5.74, 6) is 0.461. The second-order valence-corrected chi connectivity index (χ2v) is 9.17. The van der Waals surface area contributed by atoms with Crippen LogP contribution in [-0.4, -0.2) is 79.5 Å². The van der Waals surface area contributed by atoms with Gasteiger partial charge in [0.2, 0.25) is 5.91 Å². The molecule has 2 N–H and O–H groups in total. The Labute approximate surface area is 207 Å². The number of nitrogens with zero attached hydrogens (tertiary/aromatic N) is 4. The van der Waals surface area contributed by atoms with Crippen molar-refractivity contribution in [1.29, 1.82) is 0 Å². The molecule has 1 amide bonds. The van der Waals surface area contributed by atoms with Crippen molar-refractivity contribution in [3.8, 4) is 11.1 Å². The van der Waals surface area contributed by atoms with Gasteiger partial charge in [-0.1, -0.05) is 24.3 Å². The molecular weight excluding hydrogens is 438 g/mol. The maximum Gasteiger partial charge on any atom is 0.250 e. The van der Waals surface area contributed by atoms with Crippen LogP contribution in [-0.2, 0) is 4.79 Å². The van der Waals surface area contributed by atoms with Gasteiger partial charge in [-0.15, -0.1) is 0 Å². The number of likely N-dealkylation sites (N-methyl/N-ethyl adjacent to an activating group) is 1. The molecule has 2 aromatic carbocycles. The number of aliphatic imine (C=N–C) groups is 1. The molecule has 0 saturated carbocycles. The van der Waals surface area contributed by atoms with Crippen molar-refractivity contribution in [3.05, 3.63) is 64.9 Å². The number of rotatable bonds is 6. The summed E-state index contributed by atoms with van der Waals surface area (Å²) in [6.45, 7) is 6.13. The molecule has 7 nitrogen and oxygen atoms in total. The first-order chi connectivity index (χ1) is 16.9. The van der Waals surface area contributed by atoms with E-state index in [4.69, 9.17) is 5.73 Å². The van der Waals surface area contributed by atoms with Gasteiger partial charge in [0.25, 0.3) is 0 Å². The van der Waals surface area contributed by atoms with Crippen LogP contribution in [0, 0.1) is 0 Å². The zero-order valence-corrected chi connectivity index (χ0v) is 20.7. The molecule has 2 heterocycles. The van der Waals surface area contributed by atoms with Gasteiger partial charge in [-0.3, -0.25) is 9.59 Å². The Balaban J connectivity index is 1.65. The number of hydrogen-bond donors (Lipinski definition) is 1. The highest BCUT2D eigenvalue weighted by atomic mass is 16.2. The molecule has 0 unspecified atom stereocenters. The van der Waals surface area contributed by atoms with E-state index in [1.165, 1.54) is 0 Å². The summed E-state index contributed by atoms with van der Waals surface area (Å²) in [4.78, 5) is 35.5. The number of piperazine rings is 1.